The van der Waals surface area contributed by atoms with E-state index in [1.165, 1.54) is 12.1 Å². The molecule has 0 aromatic heterocycles. The molecule has 7 heteroatoms. The summed E-state index contributed by atoms with van der Waals surface area (Å²) in [6, 6.07) is 4.57. The zero-order valence-corrected chi connectivity index (χ0v) is 11.8. The third kappa shape index (κ3) is 3.46. The van der Waals surface area contributed by atoms with E-state index in [0.717, 1.165) is 19.4 Å². The topological polar surface area (TPSA) is 84.3 Å². The van der Waals surface area contributed by atoms with Gasteiger partial charge in [-0.3, -0.25) is 14.9 Å². The lowest BCUT2D eigenvalue weighted by atomic mass is 9.92. The van der Waals surface area contributed by atoms with Crippen molar-refractivity contribution in [1.29, 1.82) is 0 Å². The van der Waals surface area contributed by atoms with Crippen molar-refractivity contribution in [3.8, 4) is 0 Å². The third-order valence-electron chi connectivity index (χ3n) is 3.40. The second-order valence-electron chi connectivity index (χ2n) is 4.99. The Kier molecular flexibility index (Phi) is 4.57. The molecule has 20 heavy (non-hydrogen) atoms. The Hall–Kier alpha value is -1.66. The van der Waals surface area contributed by atoms with Gasteiger partial charge in [0.05, 0.1) is 4.92 Å². The Morgan fingerprint density at radius 1 is 1.55 bits per heavy atom. The van der Waals surface area contributed by atoms with Crippen LogP contribution >= 0.6 is 11.6 Å². The number of amides is 1. The van der Waals surface area contributed by atoms with E-state index >= 15 is 0 Å². The first-order valence-electron chi connectivity index (χ1n) is 6.45. The number of carbonyl (C=O) groups is 1. The highest BCUT2D eigenvalue weighted by atomic mass is 35.5. The molecule has 108 valence electrons. The summed E-state index contributed by atoms with van der Waals surface area (Å²) in [5.74, 6) is -0.170. The molecule has 1 aliphatic heterocycles. The molecule has 2 N–H and O–H groups in total. The number of piperidine rings is 1. The SMILES string of the molecule is CC1CC(C(=O)Nc2ccc(Cl)c([N+](=O)[O-])c2)CCN1. The number of hydrogen-bond acceptors (Lipinski definition) is 4. The fraction of sp³-hybridized carbons (Fsp3) is 0.462. The summed E-state index contributed by atoms with van der Waals surface area (Å²) >= 11 is 5.73. The maximum absolute atomic E-state index is 12.1. The predicted molar refractivity (Wildman–Crippen MR) is 76.9 cm³/mol. The lowest BCUT2D eigenvalue weighted by Gasteiger charge is -2.27. The average Bonchev–Trinajstić information content (AvgIpc) is 2.40. The van der Waals surface area contributed by atoms with Crippen molar-refractivity contribution in [3.63, 3.8) is 0 Å². The van der Waals surface area contributed by atoms with E-state index in [4.69, 9.17) is 11.6 Å². The smallest absolute Gasteiger partial charge is 0.289 e. The van der Waals surface area contributed by atoms with Gasteiger partial charge in [-0.15, -0.1) is 0 Å². The molecule has 1 fully saturated rings. The first-order chi connectivity index (χ1) is 9.47. The van der Waals surface area contributed by atoms with Gasteiger partial charge in [0.2, 0.25) is 5.91 Å². The van der Waals surface area contributed by atoms with Gasteiger partial charge in [0.25, 0.3) is 5.69 Å². The quantitative estimate of drug-likeness (QED) is 0.663. The number of benzene rings is 1. The van der Waals surface area contributed by atoms with E-state index in [1.807, 2.05) is 6.92 Å². The summed E-state index contributed by atoms with van der Waals surface area (Å²) in [5, 5.41) is 16.9. The van der Waals surface area contributed by atoms with Crippen LogP contribution in [0.4, 0.5) is 11.4 Å². The van der Waals surface area contributed by atoms with Crippen LogP contribution in [0.5, 0.6) is 0 Å². The summed E-state index contributed by atoms with van der Waals surface area (Å²) in [4.78, 5) is 22.4. The molecule has 1 saturated heterocycles. The molecule has 6 nitrogen and oxygen atoms in total. The molecular weight excluding hydrogens is 282 g/mol. The summed E-state index contributed by atoms with van der Waals surface area (Å²) < 4.78 is 0. The summed E-state index contributed by atoms with van der Waals surface area (Å²) in [6.07, 6.45) is 1.54. The number of nitrogens with zero attached hydrogens (tertiary/aromatic N) is 1. The van der Waals surface area contributed by atoms with Crippen LogP contribution < -0.4 is 10.6 Å². The van der Waals surface area contributed by atoms with Crippen LogP contribution in [-0.4, -0.2) is 23.4 Å². The van der Waals surface area contributed by atoms with Crippen molar-refractivity contribution < 1.29 is 9.72 Å². The maximum Gasteiger partial charge on any atom is 0.289 e. The van der Waals surface area contributed by atoms with Gasteiger partial charge in [-0.2, -0.15) is 0 Å². The Labute approximate surface area is 121 Å². The van der Waals surface area contributed by atoms with Crippen molar-refractivity contribution in [2.24, 2.45) is 5.92 Å². The fourth-order valence-corrected chi connectivity index (χ4v) is 2.53. The minimum atomic E-state index is -0.565. The minimum Gasteiger partial charge on any atom is -0.326 e. The average molecular weight is 298 g/mol. The normalized spacial score (nSPS) is 22.3. The lowest BCUT2D eigenvalue weighted by Crippen LogP contribution is -2.40. The standard InChI is InChI=1S/C13H16ClN3O3/c1-8-6-9(4-5-15-8)13(18)16-10-2-3-11(14)12(7-10)17(19)20/h2-3,7-9,15H,4-6H2,1H3,(H,16,18). The zero-order chi connectivity index (χ0) is 14.7. The Morgan fingerprint density at radius 3 is 2.95 bits per heavy atom. The van der Waals surface area contributed by atoms with Gasteiger partial charge in [-0.1, -0.05) is 11.6 Å². The van der Waals surface area contributed by atoms with Gasteiger partial charge in [-0.05, 0) is 38.4 Å². The first-order valence-corrected chi connectivity index (χ1v) is 6.83. The van der Waals surface area contributed by atoms with Gasteiger partial charge in [0, 0.05) is 23.7 Å². The molecule has 1 aromatic carbocycles. The molecule has 1 aliphatic rings. The number of nitrogens with one attached hydrogen (secondary N) is 2. The third-order valence-corrected chi connectivity index (χ3v) is 3.72. The summed E-state index contributed by atoms with van der Waals surface area (Å²) in [5.41, 5.74) is 0.195. The van der Waals surface area contributed by atoms with Gasteiger partial charge >= 0.3 is 0 Å². The zero-order valence-electron chi connectivity index (χ0n) is 11.1. The Bertz CT molecular complexity index is 536. The highest BCUT2D eigenvalue weighted by Crippen LogP contribution is 2.28. The highest BCUT2D eigenvalue weighted by Gasteiger charge is 2.25. The predicted octanol–water partition coefficient (Wildman–Crippen LogP) is 2.57. The number of nitro groups is 1. The summed E-state index contributed by atoms with van der Waals surface area (Å²) in [7, 11) is 0. The van der Waals surface area contributed by atoms with Gasteiger partial charge in [0.1, 0.15) is 5.02 Å². The Morgan fingerprint density at radius 2 is 2.30 bits per heavy atom. The second kappa shape index (κ2) is 6.19. The van der Waals surface area contributed by atoms with Crippen molar-refractivity contribution in [1.82, 2.24) is 5.32 Å². The first kappa shape index (κ1) is 14.7. The van der Waals surface area contributed by atoms with Gasteiger partial charge in [0.15, 0.2) is 0 Å². The van der Waals surface area contributed by atoms with E-state index in [0.29, 0.717) is 11.7 Å². The number of hydrogen-bond donors (Lipinski definition) is 2. The molecule has 0 aliphatic carbocycles. The monoisotopic (exact) mass is 297 g/mol. The molecule has 0 bridgehead atoms. The van der Waals surface area contributed by atoms with Gasteiger partial charge < -0.3 is 10.6 Å². The second-order valence-corrected chi connectivity index (χ2v) is 5.40. The number of anilines is 1. The van der Waals surface area contributed by atoms with Gasteiger partial charge in [-0.25, -0.2) is 0 Å². The lowest BCUT2D eigenvalue weighted by molar-refractivity contribution is -0.384. The molecule has 0 saturated carbocycles. The molecule has 1 amide bonds. The molecular formula is C13H16ClN3O3. The van der Waals surface area contributed by atoms with Crippen molar-refractivity contribution in [2.75, 3.05) is 11.9 Å². The van der Waals surface area contributed by atoms with Crippen molar-refractivity contribution in [2.45, 2.75) is 25.8 Å². The van der Waals surface area contributed by atoms with E-state index in [-0.39, 0.29) is 22.5 Å². The van der Waals surface area contributed by atoms with E-state index in [2.05, 4.69) is 10.6 Å². The van der Waals surface area contributed by atoms with Crippen LogP contribution in [0.3, 0.4) is 0 Å². The van der Waals surface area contributed by atoms with Crippen molar-refractivity contribution >= 4 is 28.9 Å². The maximum atomic E-state index is 12.1. The van der Waals surface area contributed by atoms with Crippen LogP contribution in [0.25, 0.3) is 0 Å². The summed E-state index contributed by atoms with van der Waals surface area (Å²) in [6.45, 7) is 2.84. The number of carbonyl (C=O) groups excluding carboxylic acids is 1. The highest BCUT2D eigenvalue weighted by molar-refractivity contribution is 6.32. The van der Waals surface area contributed by atoms with Crippen LogP contribution in [0.1, 0.15) is 19.8 Å². The molecule has 2 rings (SSSR count). The minimum absolute atomic E-state index is 0.0588. The van der Waals surface area contributed by atoms with E-state index in [9.17, 15) is 14.9 Å². The van der Waals surface area contributed by atoms with Crippen LogP contribution in [-0.2, 0) is 4.79 Å². The molecule has 2 unspecified atom stereocenters. The van der Waals surface area contributed by atoms with Crippen LogP contribution in [0.2, 0.25) is 5.02 Å². The number of halogens is 1. The molecule has 1 heterocycles. The molecule has 1 aromatic rings. The van der Waals surface area contributed by atoms with Crippen molar-refractivity contribution in [3.05, 3.63) is 33.3 Å². The van der Waals surface area contributed by atoms with Crippen LogP contribution in [0, 0.1) is 16.0 Å². The fourth-order valence-electron chi connectivity index (χ4n) is 2.34. The number of rotatable bonds is 3. The largest absolute Gasteiger partial charge is 0.326 e. The van der Waals surface area contributed by atoms with E-state index in [1.54, 1.807) is 6.07 Å². The molecule has 2 atom stereocenters. The van der Waals surface area contributed by atoms with Crippen LogP contribution in [0.15, 0.2) is 18.2 Å². The number of nitro benzene ring substituents is 1. The Balaban J connectivity index is 2.07. The molecule has 0 radical (unpaired) electrons. The molecule has 0 spiro atoms. The van der Waals surface area contributed by atoms with E-state index < -0.39 is 4.92 Å².